The molecule has 5 nitrogen and oxygen atoms in total. The fourth-order valence-electron chi connectivity index (χ4n) is 1.10. The number of carbonyl (C=O) groups is 1. The van der Waals surface area contributed by atoms with E-state index < -0.39 is 11.7 Å². The molecule has 0 atom stereocenters. The first-order valence-corrected chi connectivity index (χ1v) is 5.55. The molecule has 0 aliphatic rings. The summed E-state index contributed by atoms with van der Waals surface area (Å²) in [5.41, 5.74) is -0.665. The van der Waals surface area contributed by atoms with Gasteiger partial charge in [-0.15, -0.1) is 0 Å². The topological polar surface area (TPSA) is 64.4 Å². The van der Waals surface area contributed by atoms with E-state index in [1.165, 1.54) is 0 Å². The minimum atomic E-state index is -0.536. The predicted molar refractivity (Wildman–Crippen MR) is 65.1 cm³/mol. The van der Waals surface area contributed by atoms with Crippen LogP contribution in [0.3, 0.4) is 0 Å². The average Bonchev–Trinajstić information content (AvgIpc) is 2.47. The molecule has 0 bridgehead atoms. The van der Waals surface area contributed by atoms with Crippen LogP contribution in [0.4, 0.5) is 10.6 Å². The normalized spacial score (nSPS) is 12.4. The van der Waals surface area contributed by atoms with Gasteiger partial charge in [-0.1, -0.05) is 25.9 Å². The standard InChI is InChI=1S/C12H20N2O3/c1-11(2,3)8-7-9(14-17-8)13-10(15)16-12(4,5)6/h7H,1-6H3,(H,13,14,15). The molecule has 96 valence electrons. The van der Waals surface area contributed by atoms with Crippen molar-refractivity contribution in [2.75, 3.05) is 5.32 Å². The summed E-state index contributed by atoms with van der Waals surface area (Å²) in [6.07, 6.45) is -0.536. The minimum Gasteiger partial charge on any atom is -0.444 e. The number of anilines is 1. The highest BCUT2D eigenvalue weighted by Crippen LogP contribution is 2.24. The summed E-state index contributed by atoms with van der Waals surface area (Å²) >= 11 is 0. The van der Waals surface area contributed by atoms with Crippen LogP contribution in [-0.2, 0) is 10.2 Å². The summed E-state index contributed by atoms with van der Waals surface area (Å²) in [7, 11) is 0. The van der Waals surface area contributed by atoms with Gasteiger partial charge in [0, 0.05) is 11.5 Å². The number of amides is 1. The maximum absolute atomic E-state index is 11.5. The lowest BCUT2D eigenvalue weighted by Gasteiger charge is -2.18. The molecule has 5 heteroatoms. The molecule has 1 aromatic rings. The number of ether oxygens (including phenoxy) is 1. The molecule has 1 rings (SSSR count). The van der Waals surface area contributed by atoms with Crippen molar-refractivity contribution >= 4 is 11.9 Å². The van der Waals surface area contributed by atoms with E-state index in [1.54, 1.807) is 26.8 Å². The lowest BCUT2D eigenvalue weighted by molar-refractivity contribution is 0.0634. The summed E-state index contributed by atoms with van der Waals surface area (Å²) in [5.74, 6) is 1.08. The SMILES string of the molecule is CC(C)(C)OC(=O)Nc1cc(C(C)(C)C)on1. The van der Waals surface area contributed by atoms with Crippen molar-refractivity contribution in [2.45, 2.75) is 52.6 Å². The Balaban J connectivity index is 2.65. The smallest absolute Gasteiger partial charge is 0.413 e. The van der Waals surface area contributed by atoms with Crippen LogP contribution in [0.5, 0.6) is 0 Å². The highest BCUT2D eigenvalue weighted by molar-refractivity contribution is 5.83. The Hall–Kier alpha value is -1.52. The lowest BCUT2D eigenvalue weighted by atomic mass is 9.93. The molecule has 1 N–H and O–H groups in total. The van der Waals surface area contributed by atoms with E-state index in [1.807, 2.05) is 20.8 Å². The summed E-state index contributed by atoms with van der Waals surface area (Å²) in [4.78, 5) is 11.5. The number of nitrogens with zero attached hydrogens (tertiary/aromatic N) is 1. The quantitative estimate of drug-likeness (QED) is 0.817. The van der Waals surface area contributed by atoms with E-state index >= 15 is 0 Å². The van der Waals surface area contributed by atoms with Gasteiger partial charge < -0.3 is 9.26 Å². The molecule has 0 aromatic carbocycles. The highest BCUT2D eigenvalue weighted by atomic mass is 16.6. The first-order valence-electron chi connectivity index (χ1n) is 5.55. The van der Waals surface area contributed by atoms with E-state index in [0.717, 1.165) is 0 Å². The molecule has 0 aliphatic heterocycles. The number of carbonyl (C=O) groups excluding carboxylic acids is 1. The van der Waals surface area contributed by atoms with Gasteiger partial charge in [0.25, 0.3) is 0 Å². The van der Waals surface area contributed by atoms with Crippen LogP contribution >= 0.6 is 0 Å². The second-order valence-electron chi connectivity index (χ2n) is 5.95. The van der Waals surface area contributed by atoms with Crippen LogP contribution in [0.2, 0.25) is 0 Å². The summed E-state index contributed by atoms with van der Waals surface area (Å²) < 4.78 is 10.2. The molecule has 1 heterocycles. The third-order valence-electron chi connectivity index (χ3n) is 1.88. The molecule has 0 saturated carbocycles. The molecule has 17 heavy (non-hydrogen) atoms. The van der Waals surface area contributed by atoms with Crippen molar-refractivity contribution < 1.29 is 14.1 Å². The Morgan fingerprint density at radius 3 is 2.29 bits per heavy atom. The first-order chi connectivity index (χ1) is 7.58. The maximum atomic E-state index is 11.5. The fourth-order valence-corrected chi connectivity index (χ4v) is 1.10. The molecule has 0 aliphatic carbocycles. The monoisotopic (exact) mass is 240 g/mol. The van der Waals surface area contributed by atoms with Crippen molar-refractivity contribution in [3.8, 4) is 0 Å². The van der Waals surface area contributed by atoms with Crippen LogP contribution in [0, 0.1) is 0 Å². The first kappa shape index (κ1) is 13.5. The van der Waals surface area contributed by atoms with Gasteiger partial charge in [-0.2, -0.15) is 0 Å². The zero-order valence-electron chi connectivity index (χ0n) is 11.2. The van der Waals surface area contributed by atoms with Crippen molar-refractivity contribution in [2.24, 2.45) is 0 Å². The summed E-state index contributed by atoms with van der Waals surface area (Å²) in [6, 6.07) is 1.70. The molecule has 1 amide bonds. The molecular weight excluding hydrogens is 220 g/mol. The lowest BCUT2D eigenvalue weighted by Crippen LogP contribution is -2.27. The number of aromatic nitrogens is 1. The highest BCUT2D eigenvalue weighted by Gasteiger charge is 2.21. The fraction of sp³-hybridized carbons (Fsp3) is 0.667. The van der Waals surface area contributed by atoms with E-state index in [4.69, 9.17) is 9.26 Å². The van der Waals surface area contributed by atoms with E-state index in [0.29, 0.717) is 11.6 Å². The van der Waals surface area contributed by atoms with Crippen LogP contribution in [0.25, 0.3) is 0 Å². The van der Waals surface area contributed by atoms with E-state index in [2.05, 4.69) is 10.5 Å². The van der Waals surface area contributed by atoms with Crippen molar-refractivity contribution in [3.05, 3.63) is 11.8 Å². The number of nitrogens with one attached hydrogen (secondary N) is 1. The van der Waals surface area contributed by atoms with Crippen molar-refractivity contribution in [3.63, 3.8) is 0 Å². The predicted octanol–water partition coefficient (Wildman–Crippen LogP) is 3.32. The van der Waals surface area contributed by atoms with Gasteiger partial charge in [0.1, 0.15) is 11.4 Å². The van der Waals surface area contributed by atoms with Crippen LogP contribution < -0.4 is 5.32 Å². The van der Waals surface area contributed by atoms with Gasteiger partial charge in [-0.3, -0.25) is 5.32 Å². The number of rotatable bonds is 1. The molecule has 0 unspecified atom stereocenters. The zero-order valence-corrected chi connectivity index (χ0v) is 11.2. The van der Waals surface area contributed by atoms with Gasteiger partial charge in [0.15, 0.2) is 5.82 Å². The minimum absolute atomic E-state index is 0.138. The second kappa shape index (κ2) is 4.39. The Bertz CT molecular complexity index is 397. The van der Waals surface area contributed by atoms with Gasteiger partial charge in [-0.05, 0) is 20.8 Å². The van der Waals surface area contributed by atoms with E-state index in [-0.39, 0.29) is 5.41 Å². The second-order valence-corrected chi connectivity index (χ2v) is 5.95. The Kier molecular flexibility index (Phi) is 3.50. The van der Waals surface area contributed by atoms with Gasteiger partial charge in [0.05, 0.1) is 0 Å². The van der Waals surface area contributed by atoms with Crippen LogP contribution in [-0.4, -0.2) is 16.9 Å². The molecule has 0 spiro atoms. The summed E-state index contributed by atoms with van der Waals surface area (Å²) in [6.45, 7) is 11.4. The molecule has 0 saturated heterocycles. The molecule has 0 fully saturated rings. The zero-order chi connectivity index (χ0) is 13.3. The summed E-state index contributed by atoms with van der Waals surface area (Å²) in [5, 5.41) is 6.29. The van der Waals surface area contributed by atoms with Gasteiger partial charge >= 0.3 is 6.09 Å². The van der Waals surface area contributed by atoms with Crippen molar-refractivity contribution in [1.82, 2.24) is 5.16 Å². The Morgan fingerprint density at radius 2 is 1.88 bits per heavy atom. The third-order valence-corrected chi connectivity index (χ3v) is 1.88. The molecule has 1 aromatic heterocycles. The average molecular weight is 240 g/mol. The molecule has 0 radical (unpaired) electrons. The van der Waals surface area contributed by atoms with E-state index in [9.17, 15) is 4.79 Å². The van der Waals surface area contributed by atoms with Crippen molar-refractivity contribution in [1.29, 1.82) is 0 Å². The number of hydrogen-bond acceptors (Lipinski definition) is 4. The number of hydrogen-bond donors (Lipinski definition) is 1. The van der Waals surface area contributed by atoms with Crippen LogP contribution in [0.1, 0.15) is 47.3 Å². The van der Waals surface area contributed by atoms with Gasteiger partial charge in [0.2, 0.25) is 0 Å². The van der Waals surface area contributed by atoms with Crippen LogP contribution in [0.15, 0.2) is 10.6 Å². The molecular formula is C12H20N2O3. The largest absolute Gasteiger partial charge is 0.444 e. The van der Waals surface area contributed by atoms with Gasteiger partial charge in [-0.25, -0.2) is 4.79 Å². The maximum Gasteiger partial charge on any atom is 0.413 e. The third kappa shape index (κ3) is 4.46. The Labute approximate surface area is 102 Å². The Morgan fingerprint density at radius 1 is 1.29 bits per heavy atom.